The molecule has 1 atom stereocenters. The number of pyridine rings is 1. The highest BCUT2D eigenvalue weighted by Crippen LogP contribution is 2.32. The van der Waals surface area contributed by atoms with Crippen LogP contribution in [-0.4, -0.2) is 37.2 Å². The Balaban J connectivity index is 2.48. The number of hydrogen-bond donors (Lipinski definition) is 2. The molecule has 1 aromatic heterocycles. The first-order chi connectivity index (χ1) is 9.75. The Bertz CT molecular complexity index is 497. The van der Waals surface area contributed by atoms with Crippen molar-refractivity contribution in [2.24, 2.45) is 0 Å². The van der Waals surface area contributed by atoms with Crippen LogP contribution in [0.1, 0.15) is 12.5 Å². The number of methoxy groups -OCH3 is 1. The van der Waals surface area contributed by atoms with E-state index in [0.717, 1.165) is 6.07 Å². The monoisotopic (exact) mass is 325 g/mol. The molecule has 21 heavy (non-hydrogen) atoms. The summed E-state index contributed by atoms with van der Waals surface area (Å²) < 4.78 is 42.1. The van der Waals surface area contributed by atoms with Crippen molar-refractivity contribution in [3.63, 3.8) is 0 Å². The van der Waals surface area contributed by atoms with E-state index in [-0.39, 0.29) is 29.8 Å². The lowest BCUT2D eigenvalue weighted by atomic mass is 10.3. The van der Waals surface area contributed by atoms with Gasteiger partial charge >= 0.3 is 6.18 Å². The van der Waals surface area contributed by atoms with Gasteiger partial charge in [-0.25, -0.2) is 4.98 Å². The van der Waals surface area contributed by atoms with Gasteiger partial charge in [-0.15, -0.1) is 0 Å². The molecule has 1 rings (SSSR count). The van der Waals surface area contributed by atoms with E-state index in [2.05, 4.69) is 15.6 Å². The van der Waals surface area contributed by atoms with Crippen LogP contribution in [0.25, 0.3) is 0 Å². The zero-order valence-corrected chi connectivity index (χ0v) is 12.2. The van der Waals surface area contributed by atoms with E-state index in [1.807, 2.05) is 0 Å². The summed E-state index contributed by atoms with van der Waals surface area (Å²) in [6, 6.07) is 0.794. The fourth-order valence-electron chi connectivity index (χ4n) is 1.34. The van der Waals surface area contributed by atoms with E-state index in [1.165, 1.54) is 7.11 Å². The molecular weight excluding hydrogens is 311 g/mol. The largest absolute Gasteiger partial charge is 0.417 e. The number of hydrogen-bond acceptors (Lipinski definition) is 4. The average molecular weight is 326 g/mol. The standard InChI is InChI=1S/C12H15ClF3N3O2/c1-7(21-2)11(20)18-4-3-17-10-9(13)5-8(6-19-10)12(14,15)16/h5-7H,3-4H2,1-2H3,(H,17,19)(H,18,20)/t7-/m1/s1. The Labute approximate surface area is 124 Å². The van der Waals surface area contributed by atoms with Gasteiger partial charge in [-0.2, -0.15) is 13.2 Å². The van der Waals surface area contributed by atoms with Crippen molar-refractivity contribution in [2.75, 3.05) is 25.5 Å². The maximum Gasteiger partial charge on any atom is 0.417 e. The second-order valence-electron chi connectivity index (χ2n) is 4.15. The maximum absolute atomic E-state index is 12.4. The van der Waals surface area contributed by atoms with E-state index in [4.69, 9.17) is 16.3 Å². The molecule has 5 nitrogen and oxygen atoms in total. The Morgan fingerprint density at radius 1 is 1.48 bits per heavy atom. The lowest BCUT2D eigenvalue weighted by Crippen LogP contribution is -2.36. The number of rotatable bonds is 6. The zero-order chi connectivity index (χ0) is 16.0. The third-order valence-electron chi connectivity index (χ3n) is 2.61. The van der Waals surface area contributed by atoms with Crippen molar-refractivity contribution in [3.05, 3.63) is 22.8 Å². The first-order valence-electron chi connectivity index (χ1n) is 6.02. The van der Waals surface area contributed by atoms with E-state index >= 15 is 0 Å². The van der Waals surface area contributed by atoms with Gasteiger partial charge in [0.1, 0.15) is 11.9 Å². The first-order valence-corrected chi connectivity index (χ1v) is 6.40. The molecule has 0 aliphatic carbocycles. The number of nitrogens with one attached hydrogen (secondary N) is 2. The molecule has 0 unspecified atom stereocenters. The van der Waals surface area contributed by atoms with Crippen molar-refractivity contribution in [2.45, 2.75) is 19.2 Å². The van der Waals surface area contributed by atoms with Crippen molar-refractivity contribution < 1.29 is 22.7 Å². The van der Waals surface area contributed by atoms with Gasteiger partial charge in [0, 0.05) is 26.4 Å². The Kier molecular flexibility index (Phi) is 6.22. The van der Waals surface area contributed by atoms with Crippen LogP contribution in [-0.2, 0) is 15.7 Å². The third kappa shape index (κ3) is 5.39. The van der Waals surface area contributed by atoms with Crippen LogP contribution in [0.5, 0.6) is 0 Å². The predicted octanol–water partition coefficient (Wildman–Crippen LogP) is 2.32. The lowest BCUT2D eigenvalue weighted by molar-refractivity contribution is -0.137. The average Bonchev–Trinajstić information content (AvgIpc) is 2.42. The van der Waals surface area contributed by atoms with Crippen LogP contribution >= 0.6 is 11.6 Å². The van der Waals surface area contributed by atoms with Gasteiger partial charge < -0.3 is 15.4 Å². The minimum atomic E-state index is -4.49. The summed E-state index contributed by atoms with van der Waals surface area (Å²) in [5.41, 5.74) is -0.916. The van der Waals surface area contributed by atoms with Gasteiger partial charge in [-0.05, 0) is 13.0 Å². The Morgan fingerprint density at radius 2 is 2.14 bits per heavy atom. The number of ether oxygens (including phenoxy) is 1. The molecule has 0 aromatic carbocycles. The van der Waals surface area contributed by atoms with Crippen LogP contribution in [0.4, 0.5) is 19.0 Å². The maximum atomic E-state index is 12.4. The molecule has 0 spiro atoms. The molecule has 9 heteroatoms. The summed E-state index contributed by atoms with van der Waals surface area (Å²) in [6.45, 7) is 2.11. The lowest BCUT2D eigenvalue weighted by Gasteiger charge is -2.12. The predicted molar refractivity (Wildman–Crippen MR) is 72.2 cm³/mol. The fourth-order valence-corrected chi connectivity index (χ4v) is 1.57. The molecule has 2 N–H and O–H groups in total. The minimum Gasteiger partial charge on any atom is -0.372 e. The molecule has 0 bridgehead atoms. The second-order valence-corrected chi connectivity index (χ2v) is 4.56. The van der Waals surface area contributed by atoms with E-state index < -0.39 is 17.8 Å². The summed E-state index contributed by atoms with van der Waals surface area (Å²) in [5, 5.41) is 5.18. The normalized spacial score (nSPS) is 12.9. The minimum absolute atomic E-state index is 0.124. The number of halogens is 4. The van der Waals surface area contributed by atoms with Gasteiger partial charge in [-0.1, -0.05) is 11.6 Å². The Hall–Kier alpha value is -1.54. The summed E-state index contributed by atoms with van der Waals surface area (Å²) in [5.74, 6) is -0.163. The van der Waals surface area contributed by atoms with Crippen molar-refractivity contribution in [3.8, 4) is 0 Å². The van der Waals surface area contributed by atoms with Gasteiger partial charge in [0.25, 0.3) is 0 Å². The molecule has 0 aliphatic heterocycles. The molecule has 0 aliphatic rings. The molecule has 0 radical (unpaired) electrons. The zero-order valence-electron chi connectivity index (χ0n) is 11.4. The summed E-state index contributed by atoms with van der Waals surface area (Å²) in [6.07, 6.45) is -4.36. The quantitative estimate of drug-likeness (QED) is 0.788. The molecule has 1 amide bonds. The molecule has 1 heterocycles. The smallest absolute Gasteiger partial charge is 0.372 e. The van der Waals surface area contributed by atoms with E-state index in [1.54, 1.807) is 6.92 Å². The van der Waals surface area contributed by atoms with Gasteiger partial charge in [-0.3, -0.25) is 4.79 Å². The topological polar surface area (TPSA) is 63.2 Å². The highest BCUT2D eigenvalue weighted by Gasteiger charge is 2.31. The number of amides is 1. The number of alkyl halides is 3. The molecule has 0 saturated heterocycles. The summed E-state index contributed by atoms with van der Waals surface area (Å²) >= 11 is 5.72. The Morgan fingerprint density at radius 3 is 2.67 bits per heavy atom. The van der Waals surface area contributed by atoms with Crippen molar-refractivity contribution >= 4 is 23.3 Å². The fraction of sp³-hybridized carbons (Fsp3) is 0.500. The molecule has 0 saturated carbocycles. The number of nitrogens with zero attached hydrogens (tertiary/aromatic N) is 1. The van der Waals surface area contributed by atoms with Crippen molar-refractivity contribution in [1.29, 1.82) is 0 Å². The molecule has 1 aromatic rings. The van der Waals surface area contributed by atoms with Gasteiger partial charge in [0.2, 0.25) is 5.91 Å². The van der Waals surface area contributed by atoms with Crippen molar-refractivity contribution in [1.82, 2.24) is 10.3 Å². The number of anilines is 1. The van der Waals surface area contributed by atoms with Crippen LogP contribution in [0.2, 0.25) is 5.02 Å². The number of carbonyl (C=O) groups is 1. The number of aromatic nitrogens is 1. The van der Waals surface area contributed by atoms with Crippen LogP contribution in [0.3, 0.4) is 0 Å². The van der Waals surface area contributed by atoms with Gasteiger partial charge in [0.15, 0.2) is 0 Å². The summed E-state index contributed by atoms with van der Waals surface area (Å²) in [4.78, 5) is 15.0. The van der Waals surface area contributed by atoms with E-state index in [0.29, 0.717) is 6.20 Å². The molecule has 0 fully saturated rings. The third-order valence-corrected chi connectivity index (χ3v) is 2.90. The highest BCUT2D eigenvalue weighted by molar-refractivity contribution is 6.32. The van der Waals surface area contributed by atoms with E-state index in [9.17, 15) is 18.0 Å². The van der Waals surface area contributed by atoms with Crippen LogP contribution in [0, 0.1) is 0 Å². The van der Waals surface area contributed by atoms with Crippen LogP contribution in [0.15, 0.2) is 12.3 Å². The molecular formula is C12H15ClF3N3O2. The van der Waals surface area contributed by atoms with Crippen LogP contribution < -0.4 is 10.6 Å². The molecule has 118 valence electrons. The SMILES string of the molecule is CO[C@H](C)C(=O)NCCNc1ncc(C(F)(F)F)cc1Cl. The first kappa shape index (κ1) is 17.5. The second kappa shape index (κ2) is 7.46. The highest BCUT2D eigenvalue weighted by atomic mass is 35.5. The number of carbonyl (C=O) groups excluding carboxylic acids is 1. The summed E-state index contributed by atoms with van der Waals surface area (Å²) in [7, 11) is 1.41. The van der Waals surface area contributed by atoms with Gasteiger partial charge in [0.05, 0.1) is 10.6 Å².